The number of anilines is 1. The number of aromatic nitrogens is 1. The first-order valence-corrected chi connectivity index (χ1v) is 3.80. The number of nitrogens with two attached hydrogens (primary N) is 1. The first-order valence-electron chi connectivity index (χ1n) is 3.80. The summed E-state index contributed by atoms with van der Waals surface area (Å²) in [6.07, 6.45) is -3.70. The van der Waals surface area contributed by atoms with Gasteiger partial charge in [-0.05, 0) is 13.0 Å². The Morgan fingerprint density at radius 1 is 1.43 bits per heavy atom. The Balaban J connectivity index is 3.03. The van der Waals surface area contributed by atoms with Gasteiger partial charge in [0.1, 0.15) is 0 Å². The van der Waals surface area contributed by atoms with Crippen molar-refractivity contribution in [3.8, 4) is 0 Å². The molecule has 1 aromatic rings. The average molecular weight is 208 g/mol. The zero-order valence-electron chi connectivity index (χ0n) is 7.27. The summed E-state index contributed by atoms with van der Waals surface area (Å²) in [5.41, 5.74) is 4.51. The first-order chi connectivity index (χ1) is 6.32. The molecule has 1 heterocycles. The molecule has 0 aromatic carbocycles. The number of nitrogen functional groups attached to an aromatic ring is 1. The highest BCUT2D eigenvalue weighted by Gasteiger charge is 2.38. The Hall–Kier alpha value is -1.33. The van der Waals surface area contributed by atoms with E-state index in [1.807, 2.05) is 0 Å². The topological polar surface area (TPSA) is 38.9 Å². The van der Waals surface area contributed by atoms with Gasteiger partial charge in [-0.3, -0.25) is 4.98 Å². The molecule has 0 saturated heterocycles. The van der Waals surface area contributed by atoms with Crippen LogP contribution in [0.5, 0.6) is 0 Å². The molecule has 0 spiro atoms. The van der Waals surface area contributed by atoms with E-state index in [9.17, 15) is 17.6 Å². The lowest BCUT2D eigenvalue weighted by Gasteiger charge is -2.15. The van der Waals surface area contributed by atoms with Crippen LogP contribution in [0.2, 0.25) is 0 Å². The third-order valence-corrected chi connectivity index (χ3v) is 1.84. The van der Waals surface area contributed by atoms with E-state index < -0.39 is 17.9 Å². The molecule has 0 amide bonds. The smallest absolute Gasteiger partial charge is 0.396 e. The molecule has 0 fully saturated rings. The van der Waals surface area contributed by atoms with Crippen molar-refractivity contribution in [3.05, 3.63) is 23.8 Å². The van der Waals surface area contributed by atoms with E-state index >= 15 is 0 Å². The highest BCUT2D eigenvalue weighted by molar-refractivity contribution is 5.40. The molecular formula is C8H8F4N2. The van der Waals surface area contributed by atoms with Gasteiger partial charge in [-0.25, -0.2) is 4.39 Å². The van der Waals surface area contributed by atoms with Crippen molar-refractivity contribution in [2.75, 3.05) is 5.73 Å². The van der Waals surface area contributed by atoms with Gasteiger partial charge in [0.2, 0.25) is 0 Å². The molecule has 0 bridgehead atoms. The van der Waals surface area contributed by atoms with Crippen LogP contribution in [0.4, 0.5) is 23.2 Å². The van der Waals surface area contributed by atoms with Gasteiger partial charge in [-0.15, -0.1) is 0 Å². The molecule has 0 radical (unpaired) electrons. The second-order valence-corrected chi connectivity index (χ2v) is 2.89. The predicted octanol–water partition coefficient (Wildman–Crippen LogP) is 2.47. The zero-order valence-corrected chi connectivity index (χ0v) is 7.27. The third kappa shape index (κ3) is 2.12. The normalized spacial score (nSPS) is 14.1. The van der Waals surface area contributed by atoms with Crippen LogP contribution in [0.1, 0.15) is 18.5 Å². The highest BCUT2D eigenvalue weighted by Crippen LogP contribution is 2.33. The minimum absolute atomic E-state index is 0.281. The van der Waals surface area contributed by atoms with E-state index in [0.29, 0.717) is 6.20 Å². The van der Waals surface area contributed by atoms with Crippen molar-refractivity contribution in [2.45, 2.75) is 19.0 Å². The summed E-state index contributed by atoms with van der Waals surface area (Å²) in [6, 6.07) is 0.896. The molecule has 1 atom stereocenters. The van der Waals surface area contributed by atoms with Gasteiger partial charge < -0.3 is 5.73 Å². The fourth-order valence-electron chi connectivity index (χ4n) is 0.876. The number of hydrogen-bond donors (Lipinski definition) is 1. The van der Waals surface area contributed by atoms with Crippen LogP contribution in [0.3, 0.4) is 0 Å². The summed E-state index contributed by atoms with van der Waals surface area (Å²) >= 11 is 0. The Kier molecular flexibility index (Phi) is 2.64. The summed E-state index contributed by atoms with van der Waals surface area (Å²) in [6.45, 7) is 0.944. The number of alkyl halides is 3. The summed E-state index contributed by atoms with van der Waals surface area (Å²) in [5.74, 6) is -2.56. The van der Waals surface area contributed by atoms with Gasteiger partial charge in [0.05, 0.1) is 23.5 Å². The lowest BCUT2D eigenvalue weighted by atomic mass is 10.1. The van der Waals surface area contributed by atoms with Gasteiger partial charge in [0, 0.05) is 0 Å². The summed E-state index contributed by atoms with van der Waals surface area (Å²) in [4.78, 5) is 3.33. The second-order valence-electron chi connectivity index (χ2n) is 2.89. The third-order valence-electron chi connectivity index (χ3n) is 1.84. The van der Waals surface area contributed by atoms with Crippen molar-refractivity contribution in [1.29, 1.82) is 0 Å². The van der Waals surface area contributed by atoms with Crippen molar-refractivity contribution in [2.24, 2.45) is 0 Å². The molecule has 6 heteroatoms. The fraction of sp³-hybridized carbons (Fsp3) is 0.375. The fourth-order valence-corrected chi connectivity index (χ4v) is 0.876. The minimum atomic E-state index is -4.39. The van der Waals surface area contributed by atoms with Crippen molar-refractivity contribution >= 4 is 5.69 Å². The molecule has 2 nitrogen and oxygen atoms in total. The number of nitrogens with zero attached hydrogens (tertiary/aromatic N) is 1. The Bertz CT molecular complexity index is 335. The number of rotatable bonds is 1. The predicted molar refractivity (Wildman–Crippen MR) is 43.1 cm³/mol. The van der Waals surface area contributed by atoms with E-state index in [2.05, 4.69) is 4.98 Å². The van der Waals surface area contributed by atoms with Gasteiger partial charge in [0.15, 0.2) is 5.82 Å². The maximum atomic E-state index is 12.6. The average Bonchev–Trinajstić information content (AvgIpc) is 2.07. The molecule has 2 N–H and O–H groups in total. The quantitative estimate of drug-likeness (QED) is 0.720. The standard InChI is InChI=1S/C8H8F4N2/c1-4(8(10,11)12)7-2-6(13)5(9)3-14-7/h2-4H,1H3,(H2,13,14). The molecule has 0 aliphatic carbocycles. The molecular weight excluding hydrogens is 200 g/mol. The van der Waals surface area contributed by atoms with Crippen LogP contribution in [-0.4, -0.2) is 11.2 Å². The monoisotopic (exact) mass is 208 g/mol. The molecule has 1 rings (SSSR count). The van der Waals surface area contributed by atoms with E-state index in [-0.39, 0.29) is 11.4 Å². The summed E-state index contributed by atoms with van der Waals surface area (Å²) in [7, 11) is 0. The lowest BCUT2D eigenvalue weighted by Crippen LogP contribution is -2.19. The highest BCUT2D eigenvalue weighted by atomic mass is 19.4. The van der Waals surface area contributed by atoms with Gasteiger partial charge in [-0.2, -0.15) is 13.2 Å². The Morgan fingerprint density at radius 3 is 2.43 bits per heavy atom. The molecule has 1 unspecified atom stereocenters. The molecule has 78 valence electrons. The van der Waals surface area contributed by atoms with Crippen molar-refractivity contribution < 1.29 is 17.6 Å². The van der Waals surface area contributed by atoms with E-state index in [1.165, 1.54) is 0 Å². The lowest BCUT2D eigenvalue weighted by molar-refractivity contribution is -0.147. The van der Waals surface area contributed by atoms with E-state index in [0.717, 1.165) is 13.0 Å². The second kappa shape index (κ2) is 3.43. The Labute approximate surface area is 77.7 Å². The van der Waals surface area contributed by atoms with Crippen molar-refractivity contribution in [3.63, 3.8) is 0 Å². The number of hydrogen-bond acceptors (Lipinski definition) is 2. The zero-order chi connectivity index (χ0) is 10.9. The minimum Gasteiger partial charge on any atom is -0.396 e. The maximum absolute atomic E-state index is 12.6. The van der Waals surface area contributed by atoms with Crippen LogP contribution in [0.15, 0.2) is 12.3 Å². The Morgan fingerprint density at radius 2 is 2.00 bits per heavy atom. The van der Waals surface area contributed by atoms with Gasteiger partial charge in [0.25, 0.3) is 0 Å². The van der Waals surface area contributed by atoms with Crippen LogP contribution >= 0.6 is 0 Å². The molecule has 0 aliphatic rings. The largest absolute Gasteiger partial charge is 0.396 e. The van der Waals surface area contributed by atoms with Crippen LogP contribution < -0.4 is 5.73 Å². The SMILES string of the molecule is CC(c1cc(N)c(F)cn1)C(F)(F)F. The van der Waals surface area contributed by atoms with Crippen molar-refractivity contribution in [1.82, 2.24) is 4.98 Å². The van der Waals surface area contributed by atoms with Crippen LogP contribution in [0.25, 0.3) is 0 Å². The van der Waals surface area contributed by atoms with Crippen LogP contribution in [-0.2, 0) is 0 Å². The summed E-state index contributed by atoms with van der Waals surface area (Å²) < 4.78 is 49.2. The van der Waals surface area contributed by atoms with E-state index in [1.54, 1.807) is 0 Å². The van der Waals surface area contributed by atoms with Gasteiger partial charge >= 0.3 is 6.18 Å². The maximum Gasteiger partial charge on any atom is 0.396 e. The molecule has 0 aliphatic heterocycles. The van der Waals surface area contributed by atoms with Gasteiger partial charge in [-0.1, -0.05) is 0 Å². The molecule has 1 aromatic heterocycles. The van der Waals surface area contributed by atoms with E-state index in [4.69, 9.17) is 5.73 Å². The first kappa shape index (κ1) is 10.7. The molecule has 14 heavy (non-hydrogen) atoms. The molecule has 0 saturated carbocycles. The summed E-state index contributed by atoms with van der Waals surface area (Å²) in [5, 5.41) is 0. The number of halogens is 4. The van der Waals surface area contributed by atoms with Crippen LogP contribution in [0, 0.1) is 5.82 Å². The number of pyridine rings is 1.